The molecule has 2 N–H and O–H groups in total. The average molecular weight is 182 g/mol. The van der Waals surface area contributed by atoms with Gasteiger partial charge in [0.2, 0.25) is 0 Å². The molecule has 0 saturated carbocycles. The van der Waals surface area contributed by atoms with Crippen molar-refractivity contribution in [3.05, 3.63) is 12.2 Å². The summed E-state index contributed by atoms with van der Waals surface area (Å²) < 4.78 is 5.24. The van der Waals surface area contributed by atoms with Crippen LogP contribution in [0.5, 0.6) is 0 Å². The summed E-state index contributed by atoms with van der Waals surface area (Å²) in [6.07, 6.45) is 3.40. The lowest BCUT2D eigenvalue weighted by atomic mass is 10.1. The molecule has 0 bridgehead atoms. The zero-order valence-corrected chi connectivity index (χ0v) is 7.45. The lowest BCUT2D eigenvalue weighted by Crippen LogP contribution is -2.54. The third-order valence-electron chi connectivity index (χ3n) is 2.35. The number of ketones is 1. The van der Waals surface area contributed by atoms with Crippen molar-refractivity contribution >= 4 is 5.78 Å². The van der Waals surface area contributed by atoms with Crippen molar-refractivity contribution in [2.75, 3.05) is 26.2 Å². The first kappa shape index (κ1) is 8.87. The van der Waals surface area contributed by atoms with Crippen LogP contribution in [-0.2, 0) is 9.53 Å². The van der Waals surface area contributed by atoms with Crippen LogP contribution in [0.25, 0.3) is 0 Å². The first-order chi connectivity index (χ1) is 6.38. The van der Waals surface area contributed by atoms with Crippen LogP contribution < -0.4 is 10.6 Å². The molecule has 72 valence electrons. The molecule has 0 amide bonds. The Balaban J connectivity index is 1.91. The zero-order valence-electron chi connectivity index (χ0n) is 7.45. The van der Waals surface area contributed by atoms with E-state index >= 15 is 0 Å². The van der Waals surface area contributed by atoms with Crippen LogP contribution >= 0.6 is 0 Å². The van der Waals surface area contributed by atoms with E-state index in [2.05, 4.69) is 10.6 Å². The molecule has 0 aromatic rings. The van der Waals surface area contributed by atoms with Gasteiger partial charge in [-0.15, -0.1) is 0 Å². The van der Waals surface area contributed by atoms with Crippen molar-refractivity contribution < 1.29 is 9.53 Å². The Morgan fingerprint density at radius 2 is 2.38 bits per heavy atom. The fourth-order valence-electron chi connectivity index (χ4n) is 1.62. The van der Waals surface area contributed by atoms with Crippen molar-refractivity contribution in [1.29, 1.82) is 0 Å². The summed E-state index contributed by atoms with van der Waals surface area (Å²) in [4.78, 5) is 11.7. The predicted octanol–water partition coefficient (Wildman–Crippen LogP) is -0.928. The summed E-state index contributed by atoms with van der Waals surface area (Å²) in [6.45, 7) is 3.07. The van der Waals surface area contributed by atoms with Crippen LogP contribution in [-0.4, -0.2) is 44.2 Å². The Hall–Kier alpha value is -0.710. The van der Waals surface area contributed by atoms with E-state index < -0.39 is 0 Å². The number of piperazine rings is 1. The normalized spacial score (nSPS) is 33.5. The fraction of sp³-hybridized carbons (Fsp3) is 0.667. The molecule has 0 aromatic heterocycles. The minimum atomic E-state index is -0.322. The van der Waals surface area contributed by atoms with E-state index in [4.69, 9.17) is 4.74 Å². The number of nitrogens with one attached hydrogen (secondary N) is 2. The maximum absolute atomic E-state index is 11.7. The monoisotopic (exact) mass is 182 g/mol. The summed E-state index contributed by atoms with van der Waals surface area (Å²) in [7, 11) is 0. The van der Waals surface area contributed by atoms with Gasteiger partial charge in [-0.2, -0.15) is 0 Å². The Morgan fingerprint density at radius 1 is 1.46 bits per heavy atom. The van der Waals surface area contributed by atoms with Gasteiger partial charge < -0.3 is 15.4 Å². The summed E-state index contributed by atoms with van der Waals surface area (Å²) in [5, 5.41) is 6.35. The van der Waals surface area contributed by atoms with Gasteiger partial charge in [-0.1, -0.05) is 12.2 Å². The molecule has 1 saturated heterocycles. The van der Waals surface area contributed by atoms with Crippen LogP contribution in [0.15, 0.2) is 12.2 Å². The van der Waals surface area contributed by atoms with E-state index in [-0.39, 0.29) is 17.9 Å². The van der Waals surface area contributed by atoms with E-state index in [9.17, 15) is 4.79 Å². The number of hydrogen-bond acceptors (Lipinski definition) is 4. The van der Waals surface area contributed by atoms with Gasteiger partial charge in [-0.25, -0.2) is 0 Å². The van der Waals surface area contributed by atoms with E-state index in [1.807, 2.05) is 12.2 Å². The first-order valence-corrected chi connectivity index (χ1v) is 4.64. The second-order valence-electron chi connectivity index (χ2n) is 3.30. The maximum Gasteiger partial charge on any atom is 0.183 e. The number of ether oxygens (including phenoxy) is 1. The smallest absolute Gasteiger partial charge is 0.183 e. The van der Waals surface area contributed by atoms with Crippen LogP contribution in [0.2, 0.25) is 0 Å². The van der Waals surface area contributed by atoms with Gasteiger partial charge >= 0.3 is 0 Å². The standard InChI is InChI=1S/C9H14N2O2/c12-9(8-2-1-5-13-8)7-6-10-3-4-11-7/h1-2,7-8,10-11H,3-6H2. The fourth-order valence-corrected chi connectivity index (χ4v) is 1.62. The highest BCUT2D eigenvalue weighted by Crippen LogP contribution is 2.07. The average Bonchev–Trinajstić information content (AvgIpc) is 2.71. The third kappa shape index (κ3) is 1.96. The molecule has 2 aliphatic heterocycles. The first-order valence-electron chi connectivity index (χ1n) is 4.64. The highest BCUT2D eigenvalue weighted by Gasteiger charge is 2.28. The Labute approximate surface area is 77.3 Å². The second kappa shape index (κ2) is 4.00. The van der Waals surface area contributed by atoms with Gasteiger partial charge in [-0.05, 0) is 0 Å². The number of Topliss-reactive ketones (excluding diaryl/α,β-unsaturated/α-hetero) is 1. The Bertz CT molecular complexity index is 222. The molecule has 4 heteroatoms. The SMILES string of the molecule is O=C(C1CNCCN1)C1C=CCO1. The molecule has 13 heavy (non-hydrogen) atoms. The molecule has 2 rings (SSSR count). The van der Waals surface area contributed by atoms with Crippen LogP contribution in [0.1, 0.15) is 0 Å². The molecule has 0 spiro atoms. The van der Waals surface area contributed by atoms with E-state index in [0.29, 0.717) is 13.2 Å². The van der Waals surface area contributed by atoms with Crippen LogP contribution in [0.3, 0.4) is 0 Å². The summed E-state index contributed by atoms with van der Waals surface area (Å²) in [6, 6.07) is -0.0819. The molecule has 1 fully saturated rings. The van der Waals surface area contributed by atoms with Gasteiger partial charge in [-0.3, -0.25) is 4.79 Å². The summed E-state index contributed by atoms with van der Waals surface area (Å²) in [5.74, 6) is 0.140. The quantitative estimate of drug-likeness (QED) is 0.542. The number of carbonyl (C=O) groups is 1. The molecular formula is C9H14N2O2. The van der Waals surface area contributed by atoms with E-state index in [1.165, 1.54) is 0 Å². The molecular weight excluding hydrogens is 168 g/mol. The highest BCUT2D eigenvalue weighted by molar-refractivity contribution is 5.90. The van der Waals surface area contributed by atoms with Gasteiger partial charge in [0, 0.05) is 19.6 Å². The molecule has 2 unspecified atom stereocenters. The van der Waals surface area contributed by atoms with E-state index in [0.717, 1.165) is 13.1 Å². The summed E-state index contributed by atoms with van der Waals surface area (Å²) >= 11 is 0. The molecule has 2 heterocycles. The van der Waals surface area contributed by atoms with Gasteiger partial charge in [0.25, 0.3) is 0 Å². The minimum Gasteiger partial charge on any atom is -0.362 e. The lowest BCUT2D eigenvalue weighted by molar-refractivity contribution is -0.128. The molecule has 4 nitrogen and oxygen atoms in total. The lowest BCUT2D eigenvalue weighted by Gasteiger charge is -2.24. The van der Waals surface area contributed by atoms with Crippen LogP contribution in [0, 0.1) is 0 Å². The molecule has 2 atom stereocenters. The topological polar surface area (TPSA) is 50.4 Å². The number of hydrogen-bond donors (Lipinski definition) is 2. The largest absolute Gasteiger partial charge is 0.362 e. The Kier molecular flexibility index (Phi) is 2.73. The van der Waals surface area contributed by atoms with Crippen molar-refractivity contribution in [3.8, 4) is 0 Å². The number of rotatable bonds is 2. The van der Waals surface area contributed by atoms with Crippen molar-refractivity contribution in [2.24, 2.45) is 0 Å². The predicted molar refractivity (Wildman–Crippen MR) is 48.5 cm³/mol. The molecule has 0 radical (unpaired) electrons. The van der Waals surface area contributed by atoms with Crippen molar-refractivity contribution in [3.63, 3.8) is 0 Å². The highest BCUT2D eigenvalue weighted by atomic mass is 16.5. The van der Waals surface area contributed by atoms with Crippen molar-refractivity contribution in [2.45, 2.75) is 12.1 Å². The maximum atomic E-state index is 11.7. The van der Waals surface area contributed by atoms with Gasteiger partial charge in [0.1, 0.15) is 6.10 Å². The van der Waals surface area contributed by atoms with Gasteiger partial charge in [0.15, 0.2) is 5.78 Å². The van der Waals surface area contributed by atoms with Crippen LogP contribution in [0.4, 0.5) is 0 Å². The second-order valence-corrected chi connectivity index (χ2v) is 3.30. The molecule has 2 aliphatic rings. The summed E-state index contributed by atoms with van der Waals surface area (Å²) in [5.41, 5.74) is 0. The number of carbonyl (C=O) groups excluding carboxylic acids is 1. The third-order valence-corrected chi connectivity index (χ3v) is 2.35. The zero-order chi connectivity index (χ0) is 9.10. The van der Waals surface area contributed by atoms with Crippen molar-refractivity contribution in [1.82, 2.24) is 10.6 Å². The molecule has 0 aromatic carbocycles. The molecule has 0 aliphatic carbocycles. The van der Waals surface area contributed by atoms with Gasteiger partial charge in [0.05, 0.1) is 12.6 Å². The van der Waals surface area contributed by atoms with E-state index in [1.54, 1.807) is 0 Å². The Morgan fingerprint density at radius 3 is 3.00 bits per heavy atom. The minimum absolute atomic E-state index is 0.0819.